The summed E-state index contributed by atoms with van der Waals surface area (Å²) in [6, 6.07) is 8.11. The van der Waals surface area contributed by atoms with Gasteiger partial charge in [0.25, 0.3) is 0 Å². The van der Waals surface area contributed by atoms with Crippen LogP contribution >= 0.6 is 0 Å². The molecule has 3 heterocycles. The zero-order valence-corrected chi connectivity index (χ0v) is 17.5. The van der Waals surface area contributed by atoms with E-state index in [9.17, 15) is 4.79 Å². The van der Waals surface area contributed by atoms with Crippen LogP contribution in [0.3, 0.4) is 0 Å². The smallest absolute Gasteiger partial charge is 0.142 e. The van der Waals surface area contributed by atoms with Gasteiger partial charge in [0.05, 0.1) is 35.8 Å². The molecule has 0 bridgehead atoms. The number of imidazole rings is 1. The van der Waals surface area contributed by atoms with Crippen LogP contribution in [-0.4, -0.2) is 50.1 Å². The van der Waals surface area contributed by atoms with E-state index in [0.29, 0.717) is 18.1 Å². The predicted octanol–water partition coefficient (Wildman–Crippen LogP) is 3.51. The predicted molar refractivity (Wildman–Crippen MR) is 114 cm³/mol. The highest BCUT2D eigenvalue weighted by atomic mass is 16.1. The Kier molecular flexibility index (Phi) is 5.72. The molecule has 152 valence electrons. The first kappa shape index (κ1) is 19.7. The van der Waals surface area contributed by atoms with Crippen molar-refractivity contribution >= 4 is 16.7 Å². The molecule has 0 aliphatic carbocycles. The number of Topliss-reactive ketones (excluding diaryl/α,β-unsaturated/α-hetero) is 1. The number of ketones is 1. The average molecular weight is 392 g/mol. The van der Waals surface area contributed by atoms with Crippen LogP contribution in [0.1, 0.15) is 32.4 Å². The Balaban J connectivity index is 1.45. The molecule has 1 fully saturated rings. The molecule has 1 aliphatic rings. The van der Waals surface area contributed by atoms with Gasteiger partial charge in [-0.25, -0.2) is 4.98 Å². The van der Waals surface area contributed by atoms with Gasteiger partial charge in [0.15, 0.2) is 0 Å². The van der Waals surface area contributed by atoms with Crippen molar-refractivity contribution in [2.45, 2.75) is 33.1 Å². The topological polar surface area (TPSA) is 63.9 Å². The second-order valence-corrected chi connectivity index (χ2v) is 8.61. The molecule has 1 aliphatic heterocycles. The van der Waals surface area contributed by atoms with Gasteiger partial charge >= 0.3 is 0 Å². The van der Waals surface area contributed by atoms with E-state index in [1.54, 1.807) is 6.33 Å². The number of hydrogen-bond acceptors (Lipinski definition) is 5. The molecule has 6 heteroatoms. The molecule has 0 atom stereocenters. The van der Waals surface area contributed by atoms with Gasteiger partial charge in [-0.05, 0) is 50.0 Å². The maximum atomic E-state index is 12.8. The largest absolute Gasteiger partial charge is 0.334 e. The lowest BCUT2D eigenvalue weighted by atomic mass is 9.90. The number of fused-ring (bicyclic) bond motifs is 1. The molecule has 2 aromatic heterocycles. The monoisotopic (exact) mass is 391 g/mol. The van der Waals surface area contributed by atoms with Gasteiger partial charge in [-0.15, -0.1) is 0 Å². The lowest BCUT2D eigenvalue weighted by Crippen LogP contribution is -2.38. The fourth-order valence-corrected chi connectivity index (χ4v) is 4.25. The maximum Gasteiger partial charge on any atom is 0.142 e. The minimum absolute atomic E-state index is 0.150. The summed E-state index contributed by atoms with van der Waals surface area (Å²) in [5.41, 5.74) is 3.73. The highest BCUT2D eigenvalue weighted by Gasteiger charge is 2.25. The number of rotatable bonds is 6. The maximum absolute atomic E-state index is 12.8. The number of nitrogens with zero attached hydrogens (tertiary/aromatic N) is 5. The fourth-order valence-electron chi connectivity index (χ4n) is 4.25. The minimum Gasteiger partial charge on any atom is -0.334 e. The summed E-state index contributed by atoms with van der Waals surface area (Å²) < 4.78 is 1.99. The number of hydrogen-bond donors (Lipinski definition) is 0. The zero-order chi connectivity index (χ0) is 20.4. The molecule has 4 rings (SSSR count). The summed E-state index contributed by atoms with van der Waals surface area (Å²) in [5.74, 6) is 1.12. The van der Waals surface area contributed by atoms with Crippen molar-refractivity contribution < 1.29 is 4.79 Å². The van der Waals surface area contributed by atoms with E-state index in [-0.39, 0.29) is 5.92 Å². The summed E-state index contributed by atoms with van der Waals surface area (Å²) in [7, 11) is 1.98. The Morgan fingerprint density at radius 2 is 1.97 bits per heavy atom. The van der Waals surface area contributed by atoms with E-state index in [0.717, 1.165) is 60.3 Å². The Morgan fingerprint density at radius 3 is 2.66 bits per heavy atom. The van der Waals surface area contributed by atoms with Gasteiger partial charge in [0, 0.05) is 30.5 Å². The molecule has 29 heavy (non-hydrogen) atoms. The van der Waals surface area contributed by atoms with Gasteiger partial charge in [-0.1, -0.05) is 19.9 Å². The highest BCUT2D eigenvalue weighted by Crippen LogP contribution is 2.24. The van der Waals surface area contributed by atoms with Crippen molar-refractivity contribution in [1.82, 2.24) is 24.6 Å². The number of benzene rings is 1. The van der Waals surface area contributed by atoms with E-state index in [2.05, 4.69) is 40.0 Å². The first-order valence-electron chi connectivity index (χ1n) is 10.5. The average Bonchev–Trinajstić information content (AvgIpc) is 3.13. The molecule has 1 saturated heterocycles. The van der Waals surface area contributed by atoms with Crippen LogP contribution < -0.4 is 0 Å². The minimum atomic E-state index is 0.150. The highest BCUT2D eigenvalue weighted by molar-refractivity contribution is 5.86. The first-order chi connectivity index (χ1) is 14.0. The first-order valence-corrected chi connectivity index (χ1v) is 10.5. The number of aromatic nitrogens is 4. The van der Waals surface area contributed by atoms with Crippen molar-refractivity contribution in [3.8, 4) is 11.3 Å². The normalized spacial score (nSPS) is 16.0. The summed E-state index contributed by atoms with van der Waals surface area (Å²) in [6.07, 6.45) is 5.93. The molecule has 0 N–H and O–H groups in total. The molecule has 0 saturated carbocycles. The second kappa shape index (κ2) is 8.41. The molecule has 0 unspecified atom stereocenters. The third-order valence-electron chi connectivity index (χ3n) is 5.77. The zero-order valence-electron chi connectivity index (χ0n) is 17.5. The lowest BCUT2D eigenvalue weighted by molar-refractivity contribution is -0.123. The number of piperidine rings is 1. The van der Waals surface area contributed by atoms with Gasteiger partial charge in [-0.2, -0.15) is 10.2 Å². The number of likely N-dealkylation sites (tertiary alicyclic amines) is 1. The third-order valence-corrected chi connectivity index (χ3v) is 5.77. The third kappa shape index (κ3) is 4.53. The Morgan fingerprint density at radius 1 is 1.17 bits per heavy atom. The Labute approximate surface area is 172 Å². The number of carbonyl (C=O) groups excluding carboxylic acids is 1. The number of aryl methyl sites for hydroxylation is 1. The van der Waals surface area contributed by atoms with Crippen LogP contribution in [0.4, 0.5) is 0 Å². The standard InChI is InChI=1S/C23H29N5O/c1-16(2)14-28-8-6-17(7-9-28)23(29)12-20-11-19-10-18(4-5-21(19)26-25-20)22-13-24-15-27(22)3/h4-5,10-11,13,15-17H,6-9,12,14H2,1-3H3. The SMILES string of the molecule is CC(C)CN1CCC(C(=O)Cc2cc3cc(-c4cncn4C)ccc3nn2)CC1. The van der Waals surface area contributed by atoms with E-state index in [1.807, 2.05) is 36.0 Å². The summed E-state index contributed by atoms with van der Waals surface area (Å²) >= 11 is 0. The van der Waals surface area contributed by atoms with E-state index in [1.165, 1.54) is 0 Å². The van der Waals surface area contributed by atoms with Gasteiger partial charge in [0.1, 0.15) is 5.78 Å². The number of carbonyl (C=O) groups is 1. The molecule has 0 radical (unpaired) electrons. The van der Waals surface area contributed by atoms with Crippen molar-refractivity contribution in [3.63, 3.8) is 0 Å². The van der Waals surface area contributed by atoms with Crippen LogP contribution in [0.15, 0.2) is 36.8 Å². The Hall–Kier alpha value is -2.60. The quantitative estimate of drug-likeness (QED) is 0.643. The Bertz CT molecular complexity index is 1000. The van der Waals surface area contributed by atoms with Crippen LogP contribution in [0, 0.1) is 11.8 Å². The molecule has 0 amide bonds. The van der Waals surface area contributed by atoms with E-state index in [4.69, 9.17) is 0 Å². The van der Waals surface area contributed by atoms with Crippen LogP contribution in [-0.2, 0) is 18.3 Å². The van der Waals surface area contributed by atoms with Gasteiger partial charge in [0.2, 0.25) is 0 Å². The molecule has 6 nitrogen and oxygen atoms in total. The van der Waals surface area contributed by atoms with Crippen LogP contribution in [0.5, 0.6) is 0 Å². The van der Waals surface area contributed by atoms with Crippen molar-refractivity contribution in [1.29, 1.82) is 0 Å². The molecular weight excluding hydrogens is 362 g/mol. The summed E-state index contributed by atoms with van der Waals surface area (Å²) in [6.45, 7) is 7.65. The van der Waals surface area contributed by atoms with E-state index >= 15 is 0 Å². The van der Waals surface area contributed by atoms with Crippen LogP contribution in [0.2, 0.25) is 0 Å². The van der Waals surface area contributed by atoms with Crippen LogP contribution in [0.25, 0.3) is 22.2 Å². The molecule has 3 aromatic rings. The van der Waals surface area contributed by atoms with Crippen molar-refractivity contribution in [2.75, 3.05) is 19.6 Å². The van der Waals surface area contributed by atoms with Crippen molar-refractivity contribution in [3.05, 3.63) is 42.5 Å². The second-order valence-electron chi connectivity index (χ2n) is 8.61. The van der Waals surface area contributed by atoms with Gasteiger partial charge < -0.3 is 9.47 Å². The van der Waals surface area contributed by atoms with E-state index < -0.39 is 0 Å². The molecule has 1 aromatic carbocycles. The molecule has 0 spiro atoms. The lowest BCUT2D eigenvalue weighted by Gasteiger charge is -2.32. The van der Waals surface area contributed by atoms with Crippen molar-refractivity contribution in [2.24, 2.45) is 18.9 Å². The fraction of sp³-hybridized carbons (Fsp3) is 0.478. The summed E-state index contributed by atoms with van der Waals surface area (Å²) in [5, 5.41) is 9.65. The van der Waals surface area contributed by atoms with Gasteiger partial charge in [-0.3, -0.25) is 4.79 Å². The molecular formula is C23H29N5O. The summed E-state index contributed by atoms with van der Waals surface area (Å²) in [4.78, 5) is 19.5.